The average molecular weight is 523 g/mol. The van der Waals surface area contributed by atoms with Crippen LogP contribution in [0.15, 0.2) is 10.5 Å². The molecule has 12 heteroatoms. The van der Waals surface area contributed by atoms with Gasteiger partial charge in [-0.15, -0.1) is 0 Å². The Balaban J connectivity index is 1.74. The number of halogens is 6. The molecule has 174 valence electrons. The van der Waals surface area contributed by atoms with Crippen LogP contribution in [0.5, 0.6) is 0 Å². The molecule has 1 amide bonds. The Morgan fingerprint density at radius 1 is 1.12 bits per heavy atom. The summed E-state index contributed by atoms with van der Waals surface area (Å²) < 4.78 is 73.8. The predicted octanol–water partition coefficient (Wildman–Crippen LogP) is 5.28. The summed E-state index contributed by atoms with van der Waals surface area (Å²) >= 11 is 2.61. The highest BCUT2D eigenvalue weighted by molar-refractivity contribution is 9.10. The molecule has 2 aliphatic heterocycles. The second-order valence-electron chi connectivity index (χ2n) is 8.94. The van der Waals surface area contributed by atoms with Crippen molar-refractivity contribution >= 4 is 38.7 Å². The lowest BCUT2D eigenvalue weighted by Gasteiger charge is -2.42. The van der Waals surface area contributed by atoms with Crippen LogP contribution >= 0.6 is 15.9 Å². The summed E-state index contributed by atoms with van der Waals surface area (Å²) in [6, 6.07) is 0.137. The molecular formula is C20H20BrF5N4O2. The normalized spacial score (nSPS) is 21.4. The lowest BCUT2D eigenvalue weighted by atomic mass is 10.1. The highest BCUT2D eigenvalue weighted by Gasteiger charge is 2.45. The number of ether oxygens (including phenoxy) is 1. The number of carbonyl (C=O) groups excluding carboxylic acids is 1. The first-order chi connectivity index (χ1) is 14.8. The second-order valence-corrected chi connectivity index (χ2v) is 9.73. The maximum Gasteiger partial charge on any atom is 0.417 e. The molecule has 1 aromatic carbocycles. The SMILES string of the molecule is CC(C)(C)OC(=O)N1[C@@H]2CC[C@H]1CN(c1nc(F)nc3c(F)c(Br)c(C(F)(F)F)cc13)C2. The van der Waals surface area contributed by atoms with Crippen LogP contribution in [-0.4, -0.2) is 51.7 Å². The molecule has 0 saturated carbocycles. The van der Waals surface area contributed by atoms with Gasteiger partial charge in [0.05, 0.1) is 22.1 Å². The number of benzene rings is 1. The van der Waals surface area contributed by atoms with Crippen molar-refractivity contribution in [1.82, 2.24) is 14.9 Å². The van der Waals surface area contributed by atoms with E-state index in [0.29, 0.717) is 12.8 Å². The zero-order chi connectivity index (χ0) is 23.6. The summed E-state index contributed by atoms with van der Waals surface area (Å²) in [6.45, 7) is 5.65. The molecule has 2 aliphatic rings. The van der Waals surface area contributed by atoms with Crippen LogP contribution in [0.4, 0.5) is 32.6 Å². The molecule has 2 fully saturated rings. The molecule has 2 aromatic rings. The predicted molar refractivity (Wildman–Crippen MR) is 109 cm³/mol. The van der Waals surface area contributed by atoms with Crippen LogP contribution < -0.4 is 4.90 Å². The molecule has 0 N–H and O–H groups in total. The lowest BCUT2D eigenvalue weighted by Crippen LogP contribution is -2.57. The maximum atomic E-state index is 14.7. The minimum Gasteiger partial charge on any atom is -0.444 e. The Morgan fingerprint density at radius 3 is 2.25 bits per heavy atom. The van der Waals surface area contributed by atoms with E-state index in [9.17, 15) is 26.7 Å². The zero-order valence-electron chi connectivity index (χ0n) is 17.4. The third kappa shape index (κ3) is 4.08. The van der Waals surface area contributed by atoms with Gasteiger partial charge in [-0.05, 0) is 55.6 Å². The number of aromatic nitrogens is 2. The van der Waals surface area contributed by atoms with Crippen molar-refractivity contribution in [2.75, 3.05) is 18.0 Å². The molecule has 0 radical (unpaired) electrons. The van der Waals surface area contributed by atoms with E-state index in [1.807, 2.05) is 0 Å². The van der Waals surface area contributed by atoms with Gasteiger partial charge in [-0.25, -0.2) is 9.18 Å². The molecule has 6 nitrogen and oxygen atoms in total. The highest BCUT2D eigenvalue weighted by atomic mass is 79.9. The molecule has 2 saturated heterocycles. The number of hydrogen-bond acceptors (Lipinski definition) is 5. The van der Waals surface area contributed by atoms with Crippen LogP contribution in [0, 0.1) is 11.9 Å². The fourth-order valence-corrected chi connectivity index (χ4v) is 4.82. The molecule has 0 spiro atoms. The number of amides is 1. The van der Waals surface area contributed by atoms with Crippen molar-refractivity contribution in [3.05, 3.63) is 28.0 Å². The van der Waals surface area contributed by atoms with Gasteiger partial charge in [-0.2, -0.15) is 27.5 Å². The van der Waals surface area contributed by atoms with Gasteiger partial charge in [-0.3, -0.25) is 4.90 Å². The third-order valence-electron chi connectivity index (χ3n) is 5.52. The van der Waals surface area contributed by atoms with Crippen molar-refractivity contribution in [2.24, 2.45) is 0 Å². The molecule has 1 aromatic heterocycles. The Kier molecular flexibility index (Phi) is 5.50. The van der Waals surface area contributed by atoms with Gasteiger partial charge in [0.15, 0.2) is 5.82 Å². The fraction of sp³-hybridized carbons (Fsp3) is 0.550. The molecule has 0 aliphatic carbocycles. The smallest absolute Gasteiger partial charge is 0.417 e. The summed E-state index contributed by atoms with van der Waals surface area (Å²) in [7, 11) is 0. The van der Waals surface area contributed by atoms with Gasteiger partial charge in [0.25, 0.3) is 0 Å². The number of hydrogen-bond donors (Lipinski definition) is 0. The lowest BCUT2D eigenvalue weighted by molar-refractivity contribution is -0.138. The topological polar surface area (TPSA) is 58.6 Å². The number of fused-ring (bicyclic) bond motifs is 3. The molecule has 3 heterocycles. The first-order valence-corrected chi connectivity index (χ1v) is 10.7. The van der Waals surface area contributed by atoms with Crippen LogP contribution in [-0.2, 0) is 10.9 Å². The second kappa shape index (κ2) is 7.67. The van der Waals surface area contributed by atoms with Crippen molar-refractivity contribution in [1.29, 1.82) is 0 Å². The Labute approximate surface area is 188 Å². The first-order valence-electron chi connectivity index (χ1n) is 9.95. The standard InChI is InChI=1S/C20H20BrF5N4O2/c1-19(2,3)32-18(31)30-9-4-5-10(30)8-29(7-9)16-11-6-12(20(24,25)26)13(21)14(22)15(11)27-17(23)28-16/h6,9-10H,4-5,7-8H2,1-3H3/t9-,10+. The number of anilines is 1. The van der Waals surface area contributed by atoms with Crippen molar-refractivity contribution in [2.45, 2.75) is 57.5 Å². The average Bonchev–Trinajstić information content (AvgIpc) is 2.92. The summed E-state index contributed by atoms with van der Waals surface area (Å²) in [4.78, 5) is 23.0. The van der Waals surface area contributed by atoms with Gasteiger partial charge in [0.1, 0.15) is 16.9 Å². The van der Waals surface area contributed by atoms with E-state index in [-0.39, 0.29) is 36.4 Å². The Hall–Kier alpha value is -2.24. The minimum absolute atomic E-state index is 0.134. The largest absolute Gasteiger partial charge is 0.444 e. The number of alkyl halides is 3. The zero-order valence-corrected chi connectivity index (χ0v) is 19.0. The molecule has 2 atom stereocenters. The first kappa shape index (κ1) is 22.9. The van der Waals surface area contributed by atoms with E-state index in [1.54, 1.807) is 30.6 Å². The summed E-state index contributed by atoms with van der Waals surface area (Å²) in [5.74, 6) is -1.45. The van der Waals surface area contributed by atoms with Gasteiger partial charge in [0, 0.05) is 18.5 Å². The van der Waals surface area contributed by atoms with Gasteiger partial charge in [0.2, 0.25) is 0 Å². The molecule has 2 bridgehead atoms. The van der Waals surface area contributed by atoms with Crippen molar-refractivity contribution in [3.8, 4) is 0 Å². The monoisotopic (exact) mass is 522 g/mol. The van der Waals surface area contributed by atoms with Crippen LogP contribution in [0.3, 0.4) is 0 Å². The molecule has 4 rings (SSSR count). The number of nitrogens with zero attached hydrogens (tertiary/aromatic N) is 4. The van der Waals surface area contributed by atoms with E-state index < -0.39 is 45.3 Å². The molecule has 0 unspecified atom stereocenters. The molecule has 32 heavy (non-hydrogen) atoms. The van der Waals surface area contributed by atoms with E-state index in [4.69, 9.17) is 4.74 Å². The van der Waals surface area contributed by atoms with E-state index in [2.05, 4.69) is 25.9 Å². The highest BCUT2D eigenvalue weighted by Crippen LogP contribution is 2.42. The van der Waals surface area contributed by atoms with Gasteiger partial charge < -0.3 is 9.64 Å². The summed E-state index contributed by atoms with van der Waals surface area (Å²) in [5, 5.41) is -0.246. The quantitative estimate of drug-likeness (QED) is 0.376. The minimum atomic E-state index is -4.84. The van der Waals surface area contributed by atoms with E-state index in [1.165, 1.54) is 0 Å². The third-order valence-corrected chi connectivity index (χ3v) is 6.29. The van der Waals surface area contributed by atoms with Gasteiger partial charge in [-0.1, -0.05) is 0 Å². The Morgan fingerprint density at radius 2 is 1.72 bits per heavy atom. The number of piperazine rings is 1. The van der Waals surface area contributed by atoms with Crippen LogP contribution in [0.1, 0.15) is 39.2 Å². The van der Waals surface area contributed by atoms with Crippen molar-refractivity contribution < 1.29 is 31.5 Å². The van der Waals surface area contributed by atoms with Crippen LogP contribution in [0.25, 0.3) is 10.9 Å². The van der Waals surface area contributed by atoms with E-state index >= 15 is 0 Å². The Bertz CT molecular complexity index is 1070. The van der Waals surface area contributed by atoms with Gasteiger partial charge >= 0.3 is 18.3 Å². The maximum absolute atomic E-state index is 14.7. The number of carbonyl (C=O) groups is 1. The fourth-order valence-electron chi connectivity index (χ4n) is 4.30. The summed E-state index contributed by atoms with van der Waals surface area (Å²) in [5.41, 5.74) is -2.47. The summed E-state index contributed by atoms with van der Waals surface area (Å²) in [6.07, 6.45) is -5.26. The number of rotatable bonds is 1. The molecular weight excluding hydrogens is 503 g/mol. The van der Waals surface area contributed by atoms with Crippen molar-refractivity contribution in [3.63, 3.8) is 0 Å². The van der Waals surface area contributed by atoms with E-state index in [0.717, 1.165) is 6.07 Å². The van der Waals surface area contributed by atoms with Crippen LogP contribution in [0.2, 0.25) is 0 Å².